The number of allylic oxidation sites excluding steroid dienone is 5. The second kappa shape index (κ2) is 5.04. The minimum Gasteiger partial charge on any atom is -0.0988 e. The lowest BCUT2D eigenvalue weighted by molar-refractivity contribution is 0.832. The van der Waals surface area contributed by atoms with Crippen molar-refractivity contribution >= 4 is 0 Å². The highest BCUT2D eigenvalue weighted by molar-refractivity contribution is 5.19. The predicted octanol–water partition coefficient (Wildman–Crippen LogP) is 3.33. The van der Waals surface area contributed by atoms with Crippen molar-refractivity contribution in [2.45, 2.75) is 20.8 Å². The Bertz CT molecular complexity index is 147. The van der Waals surface area contributed by atoms with Gasteiger partial charge >= 0.3 is 0 Å². The minimum atomic E-state index is 0.633. The highest BCUT2D eigenvalue weighted by Gasteiger charge is 1.80. The zero-order valence-corrected chi connectivity index (χ0v) is 7.09. The van der Waals surface area contributed by atoms with Crippen molar-refractivity contribution in [1.82, 2.24) is 0 Å². The van der Waals surface area contributed by atoms with Gasteiger partial charge in [-0.2, -0.15) is 0 Å². The van der Waals surface area contributed by atoms with E-state index in [4.69, 9.17) is 0 Å². The largest absolute Gasteiger partial charge is 0.0988 e. The van der Waals surface area contributed by atoms with E-state index in [1.165, 1.54) is 5.57 Å². The summed E-state index contributed by atoms with van der Waals surface area (Å²) in [5.74, 6) is 0.633. The van der Waals surface area contributed by atoms with Gasteiger partial charge in [0.05, 0.1) is 0 Å². The highest BCUT2D eigenvalue weighted by atomic mass is 13.9. The summed E-state index contributed by atoms with van der Waals surface area (Å²) in [5, 5.41) is 0. The normalized spacial score (nSPS) is 13.0. The summed E-state index contributed by atoms with van der Waals surface area (Å²) in [6, 6.07) is 0. The molecule has 0 saturated carbocycles. The van der Waals surface area contributed by atoms with Crippen LogP contribution in [0.1, 0.15) is 20.8 Å². The van der Waals surface area contributed by atoms with E-state index in [9.17, 15) is 0 Å². The van der Waals surface area contributed by atoms with Gasteiger partial charge in [-0.25, -0.2) is 0 Å². The minimum absolute atomic E-state index is 0.633. The maximum Gasteiger partial charge on any atom is -0.0287 e. The Hall–Kier alpha value is -0.780. The van der Waals surface area contributed by atoms with E-state index < -0.39 is 0 Å². The summed E-state index contributed by atoms with van der Waals surface area (Å²) < 4.78 is 0. The van der Waals surface area contributed by atoms with Crippen LogP contribution in [0.3, 0.4) is 0 Å². The molecule has 0 N–H and O–H groups in total. The molecule has 0 rings (SSSR count). The summed E-state index contributed by atoms with van der Waals surface area (Å²) in [7, 11) is 0. The molecular weight excluding hydrogens is 120 g/mol. The van der Waals surface area contributed by atoms with Gasteiger partial charge < -0.3 is 0 Å². The molecule has 0 aromatic carbocycles. The van der Waals surface area contributed by atoms with Crippen LogP contribution in [0.2, 0.25) is 0 Å². The predicted molar refractivity (Wildman–Crippen MR) is 47.9 cm³/mol. The van der Waals surface area contributed by atoms with Crippen LogP contribution in [-0.2, 0) is 0 Å². The summed E-state index contributed by atoms with van der Waals surface area (Å²) >= 11 is 0. The zero-order valence-electron chi connectivity index (χ0n) is 7.09. The van der Waals surface area contributed by atoms with Crippen molar-refractivity contribution in [1.29, 1.82) is 0 Å². The average molecular weight is 136 g/mol. The van der Waals surface area contributed by atoms with Gasteiger partial charge in [0, 0.05) is 0 Å². The van der Waals surface area contributed by atoms with Crippen molar-refractivity contribution in [3.05, 3.63) is 36.5 Å². The SMILES string of the molecule is C=C/C(C)=C\C=C/C(C)C. The third kappa shape index (κ3) is 5.36. The van der Waals surface area contributed by atoms with Crippen LogP contribution in [0.25, 0.3) is 0 Å². The first-order chi connectivity index (χ1) is 4.66. The molecule has 0 aliphatic rings. The first kappa shape index (κ1) is 9.22. The van der Waals surface area contributed by atoms with Gasteiger partial charge in [0.2, 0.25) is 0 Å². The van der Waals surface area contributed by atoms with Gasteiger partial charge in [-0.1, -0.05) is 50.3 Å². The van der Waals surface area contributed by atoms with Crippen LogP contribution in [0, 0.1) is 5.92 Å². The smallest absolute Gasteiger partial charge is 0.0287 e. The lowest BCUT2D eigenvalue weighted by Gasteiger charge is -1.90. The molecule has 0 radical (unpaired) electrons. The topological polar surface area (TPSA) is 0 Å². The van der Waals surface area contributed by atoms with E-state index in [1.54, 1.807) is 0 Å². The molecule has 0 spiro atoms. The number of rotatable bonds is 3. The van der Waals surface area contributed by atoms with Gasteiger partial charge in [-0.05, 0) is 12.8 Å². The third-order valence-corrected chi connectivity index (χ3v) is 1.18. The Labute approximate surface area is 64.0 Å². The molecule has 0 atom stereocenters. The molecule has 0 aliphatic carbocycles. The van der Waals surface area contributed by atoms with Crippen LogP contribution in [-0.4, -0.2) is 0 Å². The molecule has 0 nitrogen and oxygen atoms in total. The van der Waals surface area contributed by atoms with Gasteiger partial charge in [-0.15, -0.1) is 0 Å². The standard InChI is InChI=1S/C10H16/c1-5-10(4)8-6-7-9(2)3/h5-9H,1H2,2-4H3/b7-6-,10-8-. The number of hydrogen-bond donors (Lipinski definition) is 0. The molecule has 0 aromatic heterocycles. The van der Waals surface area contributed by atoms with Gasteiger partial charge in [0.1, 0.15) is 0 Å². The van der Waals surface area contributed by atoms with E-state index in [-0.39, 0.29) is 0 Å². The summed E-state index contributed by atoms with van der Waals surface area (Å²) in [6.45, 7) is 10.0. The second-order valence-electron chi connectivity index (χ2n) is 2.74. The van der Waals surface area contributed by atoms with E-state index in [0.29, 0.717) is 5.92 Å². The van der Waals surface area contributed by atoms with Crippen LogP contribution >= 0.6 is 0 Å². The van der Waals surface area contributed by atoms with Crippen LogP contribution in [0.4, 0.5) is 0 Å². The Morgan fingerprint density at radius 3 is 2.40 bits per heavy atom. The molecule has 56 valence electrons. The van der Waals surface area contributed by atoms with E-state index in [2.05, 4.69) is 38.7 Å². The maximum atomic E-state index is 3.66. The molecule has 0 aliphatic heterocycles. The molecule has 0 heterocycles. The first-order valence-corrected chi connectivity index (χ1v) is 3.64. The van der Waals surface area contributed by atoms with Gasteiger partial charge in [0.25, 0.3) is 0 Å². The zero-order chi connectivity index (χ0) is 7.98. The van der Waals surface area contributed by atoms with Crippen LogP contribution in [0.15, 0.2) is 36.5 Å². The lowest BCUT2D eigenvalue weighted by atomic mass is 10.2. The van der Waals surface area contributed by atoms with Gasteiger partial charge in [0.15, 0.2) is 0 Å². The van der Waals surface area contributed by atoms with E-state index >= 15 is 0 Å². The fourth-order valence-electron chi connectivity index (χ4n) is 0.498. The van der Waals surface area contributed by atoms with E-state index in [1.807, 2.05) is 13.0 Å². The molecular formula is C10H16. The first-order valence-electron chi connectivity index (χ1n) is 3.64. The highest BCUT2D eigenvalue weighted by Crippen LogP contribution is 1.97. The Morgan fingerprint density at radius 1 is 1.40 bits per heavy atom. The van der Waals surface area contributed by atoms with Crippen LogP contribution < -0.4 is 0 Å². The van der Waals surface area contributed by atoms with Crippen molar-refractivity contribution in [2.75, 3.05) is 0 Å². The molecule has 0 unspecified atom stereocenters. The molecule has 0 bridgehead atoms. The molecule has 0 aromatic rings. The molecule has 0 amide bonds. The fraction of sp³-hybridized carbons (Fsp3) is 0.400. The maximum absolute atomic E-state index is 3.66. The van der Waals surface area contributed by atoms with Crippen molar-refractivity contribution in [2.24, 2.45) is 5.92 Å². The Kier molecular flexibility index (Phi) is 4.65. The molecule has 10 heavy (non-hydrogen) atoms. The summed E-state index contributed by atoms with van der Waals surface area (Å²) in [5.41, 5.74) is 1.21. The molecule has 0 saturated heterocycles. The monoisotopic (exact) mass is 136 g/mol. The Morgan fingerprint density at radius 2 is 2.00 bits per heavy atom. The van der Waals surface area contributed by atoms with Crippen molar-refractivity contribution < 1.29 is 0 Å². The molecule has 0 heteroatoms. The van der Waals surface area contributed by atoms with Crippen LogP contribution in [0.5, 0.6) is 0 Å². The van der Waals surface area contributed by atoms with Crippen molar-refractivity contribution in [3.63, 3.8) is 0 Å². The second-order valence-corrected chi connectivity index (χ2v) is 2.74. The number of hydrogen-bond acceptors (Lipinski definition) is 0. The third-order valence-electron chi connectivity index (χ3n) is 1.18. The quantitative estimate of drug-likeness (QED) is 0.522. The lowest BCUT2D eigenvalue weighted by Crippen LogP contribution is -1.75. The summed E-state index contributed by atoms with van der Waals surface area (Å²) in [6.07, 6.45) is 8.15. The average Bonchev–Trinajstić information content (AvgIpc) is 1.87. The molecule has 0 fully saturated rings. The van der Waals surface area contributed by atoms with E-state index in [0.717, 1.165) is 0 Å². The Balaban J connectivity index is 3.81. The van der Waals surface area contributed by atoms with Crippen molar-refractivity contribution in [3.8, 4) is 0 Å². The fourth-order valence-corrected chi connectivity index (χ4v) is 0.498. The summed E-state index contributed by atoms with van der Waals surface area (Å²) in [4.78, 5) is 0. The van der Waals surface area contributed by atoms with Gasteiger partial charge in [-0.3, -0.25) is 0 Å².